The van der Waals surface area contributed by atoms with Crippen LogP contribution in [0.5, 0.6) is 0 Å². The van der Waals surface area contributed by atoms with Crippen molar-refractivity contribution in [1.82, 2.24) is 5.32 Å². The van der Waals surface area contributed by atoms with Crippen LogP contribution in [0.25, 0.3) is 0 Å². The smallest absolute Gasteiger partial charge is 0.319 e. The second kappa shape index (κ2) is 13.2. The molecule has 260 valence electrons. The van der Waals surface area contributed by atoms with Gasteiger partial charge in [-0.2, -0.15) is 4.99 Å². The molecule has 2 aromatic carbocycles. The van der Waals surface area contributed by atoms with Gasteiger partial charge in [0, 0.05) is 16.9 Å². The maximum absolute atomic E-state index is 12.4. The number of carbonyl (C=O) groups is 1. The minimum Gasteiger partial charge on any atom is -0.399 e. The van der Waals surface area contributed by atoms with Crippen LogP contribution in [-0.4, -0.2) is 40.0 Å². The Balaban J connectivity index is 0.000000140. The number of amides is 2. The van der Waals surface area contributed by atoms with Crippen molar-refractivity contribution < 1.29 is 26.4 Å². The Morgan fingerprint density at radius 3 is 1.42 bits per heavy atom. The topological polar surface area (TPSA) is 217 Å². The van der Waals surface area contributed by atoms with Crippen molar-refractivity contribution in [3.8, 4) is 0 Å². The Hall–Kier alpha value is -3.29. The molecule has 0 radical (unpaired) electrons. The van der Waals surface area contributed by atoms with Gasteiger partial charge in [0.05, 0.1) is 15.3 Å². The van der Waals surface area contributed by atoms with E-state index in [1.165, 1.54) is 94.2 Å². The first-order valence-corrected chi connectivity index (χ1v) is 19.9. The second-order valence-electron chi connectivity index (χ2n) is 15.3. The lowest BCUT2D eigenvalue weighted by Gasteiger charge is -2.56. The molecule has 0 unspecified atom stereocenters. The molecular formula is C34H46N6O6S2. The van der Waals surface area contributed by atoms with Crippen molar-refractivity contribution in [2.45, 2.75) is 97.9 Å². The minimum atomic E-state index is -3.71. The standard InChI is InChI=1S/C17H23N3O3S.C11H15NO.C6H8N2O2S/c18-24(22,23)15-3-1-14(2-4-15)19-16(21)20-17-8-11-5-12(9-17)7-13(6-11)10-17;13-7-12-11-4-8-1-9(5-11)3-10(2-8)6-11;7-5-1-3-6(4-2-5)11(8,9)10/h1-4,11-13H,5-10H2,(H2,18,22,23)(H2,19,20,21);8-10H,1-6H2;1-4H,7H2,(H2,8,9,10). The number of urea groups is 1. The lowest BCUT2D eigenvalue weighted by Crippen LogP contribution is -2.60. The third kappa shape index (κ3) is 8.11. The van der Waals surface area contributed by atoms with Crippen molar-refractivity contribution in [1.29, 1.82) is 0 Å². The fourth-order valence-electron chi connectivity index (χ4n) is 10.4. The maximum Gasteiger partial charge on any atom is 0.319 e. The number of isocyanates is 1. The number of carbonyl (C=O) groups excluding carboxylic acids is 2. The first kappa shape index (κ1) is 34.6. The predicted molar refractivity (Wildman–Crippen MR) is 182 cm³/mol. The van der Waals surface area contributed by atoms with E-state index >= 15 is 0 Å². The molecule has 8 N–H and O–H groups in total. The summed E-state index contributed by atoms with van der Waals surface area (Å²) >= 11 is 0. The molecule has 14 heteroatoms. The van der Waals surface area contributed by atoms with Gasteiger partial charge in [0.25, 0.3) is 0 Å². The van der Waals surface area contributed by atoms with Crippen LogP contribution in [0.4, 0.5) is 16.2 Å². The zero-order valence-corrected chi connectivity index (χ0v) is 28.6. The summed E-state index contributed by atoms with van der Waals surface area (Å²) < 4.78 is 43.9. The van der Waals surface area contributed by atoms with Crippen LogP contribution in [0, 0.1) is 35.5 Å². The van der Waals surface area contributed by atoms with Gasteiger partial charge in [0.15, 0.2) is 0 Å². The summed E-state index contributed by atoms with van der Waals surface area (Å²) in [7, 11) is -7.29. The van der Waals surface area contributed by atoms with Crippen LogP contribution in [0.3, 0.4) is 0 Å². The average Bonchev–Trinajstić information content (AvgIpc) is 2.96. The molecule has 2 aromatic rings. The van der Waals surface area contributed by atoms with Crippen LogP contribution >= 0.6 is 0 Å². The molecule has 0 heterocycles. The molecule has 8 bridgehead atoms. The Labute approximate surface area is 282 Å². The van der Waals surface area contributed by atoms with Crippen LogP contribution in [0.1, 0.15) is 77.0 Å². The van der Waals surface area contributed by atoms with Crippen molar-refractivity contribution in [3.63, 3.8) is 0 Å². The molecule has 8 aliphatic rings. The maximum atomic E-state index is 12.4. The lowest BCUT2D eigenvalue weighted by atomic mass is 9.53. The number of anilines is 2. The fourth-order valence-corrected chi connectivity index (χ4v) is 11.4. The largest absolute Gasteiger partial charge is 0.399 e. The van der Waals surface area contributed by atoms with Gasteiger partial charge in [-0.15, -0.1) is 0 Å². The third-order valence-corrected chi connectivity index (χ3v) is 13.2. The van der Waals surface area contributed by atoms with Crippen molar-refractivity contribution in [2.75, 3.05) is 11.1 Å². The number of sulfonamides is 2. The molecular weight excluding hydrogens is 653 g/mol. The van der Waals surface area contributed by atoms with Gasteiger partial charge in [-0.3, -0.25) is 0 Å². The van der Waals surface area contributed by atoms with Crippen LogP contribution < -0.4 is 26.6 Å². The van der Waals surface area contributed by atoms with Gasteiger partial charge in [0.2, 0.25) is 26.1 Å². The van der Waals surface area contributed by atoms with E-state index in [0.717, 1.165) is 54.8 Å². The van der Waals surface area contributed by atoms with Crippen LogP contribution in [0.15, 0.2) is 63.3 Å². The summed E-state index contributed by atoms with van der Waals surface area (Å²) in [4.78, 5) is 27.0. The Kier molecular flexibility index (Phi) is 9.51. The molecule has 12 nitrogen and oxygen atoms in total. The Bertz CT molecular complexity index is 1700. The molecule has 2 amide bonds. The molecule has 8 fully saturated rings. The highest BCUT2D eigenvalue weighted by molar-refractivity contribution is 7.89. The second-order valence-corrected chi connectivity index (χ2v) is 18.4. The highest BCUT2D eigenvalue weighted by Gasteiger charge is 2.52. The van der Waals surface area contributed by atoms with Gasteiger partial charge in [-0.1, -0.05) is 0 Å². The lowest BCUT2D eigenvalue weighted by molar-refractivity contribution is -0.0127. The number of nitrogens with two attached hydrogens (primary N) is 3. The number of hydrogen-bond acceptors (Lipinski definition) is 8. The summed E-state index contributed by atoms with van der Waals surface area (Å²) in [6, 6.07) is 11.4. The van der Waals surface area contributed by atoms with Gasteiger partial charge >= 0.3 is 6.03 Å². The summed E-state index contributed by atoms with van der Waals surface area (Å²) in [5.74, 6) is 4.94. The highest BCUT2D eigenvalue weighted by atomic mass is 32.2. The van der Waals surface area contributed by atoms with E-state index in [4.69, 9.17) is 16.0 Å². The summed E-state index contributed by atoms with van der Waals surface area (Å²) in [5, 5.41) is 15.9. The SMILES string of the molecule is NS(=O)(=O)c1ccc(NC(=O)NC23CC4CC(CC(C4)C2)C3)cc1.Nc1ccc(S(N)(=O)=O)cc1.O=C=NC12CC3CC(CC(C3)C1)C2. The van der Waals surface area contributed by atoms with Crippen LogP contribution in [0.2, 0.25) is 0 Å². The highest BCUT2D eigenvalue weighted by Crippen LogP contribution is 2.57. The Morgan fingerprint density at radius 1 is 0.667 bits per heavy atom. The molecule has 10 rings (SSSR count). The van der Waals surface area contributed by atoms with E-state index in [2.05, 4.69) is 15.6 Å². The molecule has 8 saturated carbocycles. The quantitative estimate of drug-likeness (QED) is 0.169. The zero-order valence-electron chi connectivity index (χ0n) is 27.0. The molecule has 0 saturated heterocycles. The number of rotatable bonds is 5. The predicted octanol–water partition coefficient (Wildman–Crippen LogP) is 4.63. The van der Waals surface area contributed by atoms with Crippen molar-refractivity contribution >= 4 is 43.5 Å². The van der Waals surface area contributed by atoms with E-state index in [1.807, 2.05) is 0 Å². The molecule has 0 aromatic heterocycles. The number of nitrogens with zero attached hydrogens (tertiary/aromatic N) is 1. The molecule has 48 heavy (non-hydrogen) atoms. The van der Waals surface area contributed by atoms with Gasteiger partial charge in [-0.25, -0.2) is 36.7 Å². The first-order valence-electron chi connectivity index (χ1n) is 16.8. The third-order valence-electron chi connectivity index (χ3n) is 11.4. The number of aliphatic imine (C=N–C) groups is 1. The number of benzene rings is 2. The monoisotopic (exact) mass is 698 g/mol. The average molecular weight is 699 g/mol. The van der Waals surface area contributed by atoms with Gasteiger partial charge < -0.3 is 16.4 Å². The van der Waals surface area contributed by atoms with E-state index < -0.39 is 20.0 Å². The zero-order chi connectivity index (χ0) is 34.3. The summed E-state index contributed by atoms with van der Waals surface area (Å²) in [6.07, 6.45) is 16.8. The molecule has 0 atom stereocenters. The number of nitrogen functional groups attached to an aromatic ring is 1. The minimum absolute atomic E-state index is 0.0366. The number of nitrogens with one attached hydrogen (secondary N) is 2. The van der Waals surface area contributed by atoms with E-state index in [0.29, 0.717) is 11.4 Å². The molecule has 8 aliphatic carbocycles. The fraction of sp³-hybridized carbons (Fsp3) is 0.588. The van der Waals surface area contributed by atoms with E-state index in [9.17, 15) is 26.4 Å². The van der Waals surface area contributed by atoms with Crippen molar-refractivity contribution in [2.24, 2.45) is 50.8 Å². The number of primary sulfonamides is 2. The van der Waals surface area contributed by atoms with Crippen LogP contribution in [-0.2, 0) is 24.8 Å². The van der Waals surface area contributed by atoms with Gasteiger partial charge in [-0.05, 0) is 161 Å². The van der Waals surface area contributed by atoms with Gasteiger partial charge in [0.1, 0.15) is 0 Å². The van der Waals surface area contributed by atoms with E-state index in [1.54, 1.807) is 18.2 Å². The molecule has 0 aliphatic heterocycles. The molecule has 0 spiro atoms. The number of hydrogen-bond donors (Lipinski definition) is 5. The first-order chi connectivity index (χ1) is 22.6. The Morgan fingerprint density at radius 2 is 1.04 bits per heavy atom. The normalized spacial score (nSPS) is 33.7. The summed E-state index contributed by atoms with van der Waals surface area (Å²) in [5.41, 5.74) is 6.42. The van der Waals surface area contributed by atoms with Crippen molar-refractivity contribution in [3.05, 3.63) is 48.5 Å². The summed E-state index contributed by atoms with van der Waals surface area (Å²) in [6.45, 7) is 0. The van der Waals surface area contributed by atoms with E-state index in [-0.39, 0.29) is 26.9 Å².